The Morgan fingerprint density at radius 3 is 2.52 bits per heavy atom. The van der Waals surface area contributed by atoms with Crippen molar-refractivity contribution in [1.29, 1.82) is 0 Å². The molecular weight excluding hydrogens is 278 g/mol. The SMILES string of the molecule is C=C(Nc1ccc(C(=O)O)c(O)c1)[C@H]1C(=O)O[C@@H](C)C1=O. The molecule has 7 heteroatoms. The van der Waals surface area contributed by atoms with Gasteiger partial charge in [-0.1, -0.05) is 6.58 Å². The molecule has 21 heavy (non-hydrogen) atoms. The van der Waals surface area contributed by atoms with Gasteiger partial charge in [0.1, 0.15) is 11.3 Å². The Kier molecular flexibility index (Phi) is 3.66. The van der Waals surface area contributed by atoms with Crippen LogP contribution in [0.15, 0.2) is 30.5 Å². The quantitative estimate of drug-likeness (QED) is 0.563. The molecule has 1 fully saturated rings. The molecule has 0 radical (unpaired) electrons. The third-order valence-electron chi connectivity index (χ3n) is 3.10. The number of ether oxygens (including phenoxy) is 1. The van der Waals surface area contributed by atoms with E-state index in [0.29, 0.717) is 5.69 Å². The second-order valence-electron chi connectivity index (χ2n) is 4.60. The minimum atomic E-state index is -1.26. The lowest BCUT2D eigenvalue weighted by molar-refractivity contribution is -0.143. The van der Waals surface area contributed by atoms with Crippen molar-refractivity contribution in [2.24, 2.45) is 5.92 Å². The summed E-state index contributed by atoms with van der Waals surface area (Å²) in [7, 11) is 0. The molecule has 0 amide bonds. The van der Waals surface area contributed by atoms with Gasteiger partial charge in [0.05, 0.1) is 0 Å². The Bertz CT molecular complexity index is 651. The monoisotopic (exact) mass is 291 g/mol. The number of rotatable bonds is 4. The molecule has 0 aromatic heterocycles. The van der Waals surface area contributed by atoms with Gasteiger partial charge in [-0.05, 0) is 19.1 Å². The van der Waals surface area contributed by atoms with E-state index in [1.807, 2.05) is 0 Å². The van der Waals surface area contributed by atoms with E-state index in [4.69, 9.17) is 9.84 Å². The molecule has 0 spiro atoms. The van der Waals surface area contributed by atoms with Gasteiger partial charge in [0.15, 0.2) is 17.8 Å². The van der Waals surface area contributed by atoms with Gasteiger partial charge in [-0.3, -0.25) is 9.59 Å². The molecule has 1 aromatic rings. The molecule has 0 bridgehead atoms. The average Bonchev–Trinajstić information content (AvgIpc) is 2.62. The van der Waals surface area contributed by atoms with Gasteiger partial charge in [0, 0.05) is 17.5 Å². The summed E-state index contributed by atoms with van der Waals surface area (Å²) in [5.74, 6) is -3.89. The number of ketones is 1. The van der Waals surface area contributed by atoms with E-state index in [9.17, 15) is 19.5 Å². The number of carbonyl (C=O) groups is 3. The fourth-order valence-corrected chi connectivity index (χ4v) is 2.01. The number of aromatic carboxylic acids is 1. The highest BCUT2D eigenvalue weighted by molar-refractivity contribution is 6.09. The summed E-state index contributed by atoms with van der Waals surface area (Å²) in [6.07, 6.45) is -0.816. The second kappa shape index (κ2) is 5.28. The molecule has 1 aromatic carbocycles. The van der Waals surface area contributed by atoms with Crippen molar-refractivity contribution < 1.29 is 29.3 Å². The van der Waals surface area contributed by atoms with Crippen molar-refractivity contribution in [3.63, 3.8) is 0 Å². The average molecular weight is 291 g/mol. The van der Waals surface area contributed by atoms with E-state index >= 15 is 0 Å². The number of carbonyl (C=O) groups excluding carboxylic acids is 2. The first kappa shape index (κ1) is 14.6. The van der Waals surface area contributed by atoms with Gasteiger partial charge in [-0.15, -0.1) is 0 Å². The lowest BCUT2D eigenvalue weighted by atomic mass is 10.0. The van der Waals surface area contributed by atoms with Crippen LogP contribution < -0.4 is 5.32 Å². The van der Waals surface area contributed by atoms with Crippen LogP contribution in [-0.2, 0) is 14.3 Å². The van der Waals surface area contributed by atoms with E-state index in [0.717, 1.165) is 0 Å². The van der Waals surface area contributed by atoms with E-state index in [-0.39, 0.29) is 11.3 Å². The third-order valence-corrected chi connectivity index (χ3v) is 3.10. The van der Waals surface area contributed by atoms with Crippen LogP contribution in [0.1, 0.15) is 17.3 Å². The lowest BCUT2D eigenvalue weighted by Crippen LogP contribution is -2.23. The molecule has 2 atom stereocenters. The molecule has 1 heterocycles. The Morgan fingerprint density at radius 1 is 1.38 bits per heavy atom. The highest BCUT2D eigenvalue weighted by Crippen LogP contribution is 2.27. The van der Waals surface area contributed by atoms with E-state index < -0.39 is 35.5 Å². The Hall–Kier alpha value is -2.83. The van der Waals surface area contributed by atoms with Crippen molar-refractivity contribution in [2.45, 2.75) is 13.0 Å². The zero-order valence-electron chi connectivity index (χ0n) is 11.1. The van der Waals surface area contributed by atoms with Crippen LogP contribution >= 0.6 is 0 Å². The summed E-state index contributed by atoms with van der Waals surface area (Å²) >= 11 is 0. The number of hydrogen-bond donors (Lipinski definition) is 3. The van der Waals surface area contributed by atoms with Gasteiger partial charge in [-0.2, -0.15) is 0 Å². The molecule has 7 nitrogen and oxygen atoms in total. The molecule has 1 aliphatic rings. The Balaban J connectivity index is 2.17. The Morgan fingerprint density at radius 2 is 2.05 bits per heavy atom. The summed E-state index contributed by atoms with van der Waals surface area (Å²) in [6.45, 7) is 5.10. The van der Waals surface area contributed by atoms with Crippen molar-refractivity contribution in [3.8, 4) is 5.75 Å². The Labute approximate surface area is 119 Å². The molecule has 3 N–H and O–H groups in total. The minimum Gasteiger partial charge on any atom is -0.507 e. The fourth-order valence-electron chi connectivity index (χ4n) is 2.01. The number of aromatic hydroxyl groups is 1. The number of carboxylic acid groups (broad SMARTS) is 1. The zero-order valence-corrected chi connectivity index (χ0v) is 11.1. The first-order valence-corrected chi connectivity index (χ1v) is 6.07. The maximum atomic E-state index is 11.8. The number of esters is 1. The number of nitrogens with one attached hydrogen (secondary N) is 1. The maximum Gasteiger partial charge on any atom is 0.339 e. The number of carboxylic acids is 1. The van der Waals surface area contributed by atoms with Crippen LogP contribution in [0.5, 0.6) is 5.75 Å². The number of cyclic esters (lactones) is 1. The van der Waals surface area contributed by atoms with E-state index in [1.54, 1.807) is 0 Å². The molecule has 0 unspecified atom stereocenters. The number of anilines is 1. The summed E-state index contributed by atoms with van der Waals surface area (Å²) in [5.41, 5.74) is 0.163. The van der Waals surface area contributed by atoms with E-state index in [1.165, 1.54) is 25.1 Å². The topological polar surface area (TPSA) is 113 Å². The van der Waals surface area contributed by atoms with Gasteiger partial charge < -0.3 is 20.3 Å². The molecule has 1 aliphatic heterocycles. The highest BCUT2D eigenvalue weighted by atomic mass is 16.6. The third kappa shape index (κ3) is 2.71. The van der Waals surface area contributed by atoms with Crippen LogP contribution in [0, 0.1) is 5.92 Å². The summed E-state index contributed by atoms with van der Waals surface area (Å²) in [4.78, 5) is 34.1. The molecule has 110 valence electrons. The standard InChI is InChI=1S/C14H13NO6/c1-6(11-12(17)7(2)21-14(11)20)15-8-3-4-9(13(18)19)10(16)5-8/h3-5,7,11,15-16H,1H2,2H3,(H,18,19)/t7-,11+/m0/s1. The maximum absolute atomic E-state index is 11.8. The zero-order chi connectivity index (χ0) is 15.7. The van der Waals surface area contributed by atoms with Crippen LogP contribution in [0.25, 0.3) is 0 Å². The first-order chi connectivity index (χ1) is 9.81. The fraction of sp³-hybridized carbons (Fsp3) is 0.214. The van der Waals surface area contributed by atoms with Gasteiger partial charge in [-0.25, -0.2) is 4.79 Å². The number of benzene rings is 1. The first-order valence-electron chi connectivity index (χ1n) is 6.07. The number of hydrogen-bond acceptors (Lipinski definition) is 6. The van der Waals surface area contributed by atoms with Crippen LogP contribution in [0.4, 0.5) is 5.69 Å². The number of phenols is 1. The lowest BCUT2D eigenvalue weighted by Gasteiger charge is -2.13. The molecule has 0 saturated carbocycles. The normalized spacial score (nSPS) is 21.0. The number of Topliss-reactive ketones (excluding diaryl/α,β-unsaturated/α-hetero) is 1. The van der Waals surface area contributed by atoms with E-state index in [2.05, 4.69) is 11.9 Å². The van der Waals surface area contributed by atoms with Gasteiger partial charge in [0.25, 0.3) is 0 Å². The molecule has 1 saturated heterocycles. The van der Waals surface area contributed by atoms with Crippen LogP contribution in [0.3, 0.4) is 0 Å². The molecule has 0 aliphatic carbocycles. The van der Waals surface area contributed by atoms with Crippen molar-refractivity contribution in [1.82, 2.24) is 0 Å². The second-order valence-corrected chi connectivity index (χ2v) is 4.60. The van der Waals surface area contributed by atoms with Gasteiger partial charge in [0.2, 0.25) is 0 Å². The smallest absolute Gasteiger partial charge is 0.339 e. The summed E-state index contributed by atoms with van der Waals surface area (Å²) in [6, 6.07) is 3.76. The predicted octanol–water partition coefficient (Wildman–Crippen LogP) is 1.15. The van der Waals surface area contributed by atoms with Crippen LogP contribution in [-0.4, -0.2) is 34.0 Å². The largest absolute Gasteiger partial charge is 0.507 e. The summed E-state index contributed by atoms with van der Waals surface area (Å²) < 4.78 is 4.80. The summed E-state index contributed by atoms with van der Waals surface area (Å²) in [5, 5.41) is 21.1. The minimum absolute atomic E-state index is 0.108. The van der Waals surface area contributed by atoms with Crippen LogP contribution in [0.2, 0.25) is 0 Å². The highest BCUT2D eigenvalue weighted by Gasteiger charge is 2.42. The van der Waals surface area contributed by atoms with Gasteiger partial charge >= 0.3 is 11.9 Å². The predicted molar refractivity (Wildman–Crippen MR) is 71.9 cm³/mol. The molecule has 2 rings (SSSR count). The molecular formula is C14H13NO6. The van der Waals surface area contributed by atoms with Crippen molar-refractivity contribution in [3.05, 3.63) is 36.0 Å². The van der Waals surface area contributed by atoms with Crippen molar-refractivity contribution in [2.75, 3.05) is 5.32 Å². The van der Waals surface area contributed by atoms with Crippen molar-refractivity contribution >= 4 is 23.4 Å².